The first-order valence-electron chi connectivity index (χ1n) is 6.48. The fourth-order valence-electron chi connectivity index (χ4n) is 1.98. The summed E-state index contributed by atoms with van der Waals surface area (Å²) in [5.41, 5.74) is 2.01. The first-order chi connectivity index (χ1) is 8.70. The van der Waals surface area contributed by atoms with Gasteiger partial charge in [-0.3, -0.25) is 0 Å². The van der Waals surface area contributed by atoms with Crippen molar-refractivity contribution >= 4 is 11.7 Å². The monoisotopic (exact) mass is 248 g/mol. The van der Waals surface area contributed by atoms with Gasteiger partial charge in [-0.05, 0) is 30.2 Å². The lowest BCUT2D eigenvalue weighted by Crippen LogP contribution is -2.32. The Hall–Kier alpha value is -1.71. The van der Waals surface area contributed by atoms with Crippen LogP contribution in [-0.2, 0) is 6.42 Å². The van der Waals surface area contributed by atoms with E-state index in [0.717, 1.165) is 43.9 Å². The molecule has 1 heterocycles. The molecule has 0 atom stereocenters. The molecule has 0 aliphatic carbocycles. The fraction of sp³-hybridized carbons (Fsp3) is 0.500. The zero-order chi connectivity index (χ0) is 13.0. The molecule has 0 radical (unpaired) electrons. The molecule has 0 spiro atoms. The van der Waals surface area contributed by atoms with Gasteiger partial charge in [-0.25, -0.2) is 4.79 Å². The minimum absolute atomic E-state index is 0.0534. The van der Waals surface area contributed by atoms with Gasteiger partial charge in [-0.2, -0.15) is 0 Å². The van der Waals surface area contributed by atoms with Gasteiger partial charge in [0.2, 0.25) is 0 Å². The summed E-state index contributed by atoms with van der Waals surface area (Å²) in [7, 11) is 1.82. The third-order valence-corrected chi connectivity index (χ3v) is 3.13. The maximum atomic E-state index is 11.9. The van der Waals surface area contributed by atoms with Crippen LogP contribution in [0.2, 0.25) is 0 Å². The highest BCUT2D eigenvalue weighted by Gasteiger charge is 2.14. The predicted octanol–water partition coefficient (Wildman–Crippen LogP) is 2.89. The molecule has 0 saturated carbocycles. The molecule has 4 heteroatoms. The number of hydrogen-bond acceptors (Lipinski definition) is 2. The summed E-state index contributed by atoms with van der Waals surface area (Å²) in [5.74, 6) is 0.937. The molecule has 0 saturated heterocycles. The van der Waals surface area contributed by atoms with E-state index < -0.39 is 0 Å². The van der Waals surface area contributed by atoms with Crippen molar-refractivity contribution in [2.45, 2.75) is 26.2 Å². The van der Waals surface area contributed by atoms with E-state index in [9.17, 15) is 4.79 Å². The van der Waals surface area contributed by atoms with Crippen molar-refractivity contribution in [2.75, 3.05) is 25.5 Å². The maximum Gasteiger partial charge on any atom is 0.321 e. The number of urea groups is 1. The van der Waals surface area contributed by atoms with Crippen LogP contribution in [0.15, 0.2) is 18.2 Å². The van der Waals surface area contributed by atoms with Gasteiger partial charge >= 0.3 is 6.03 Å². The average Bonchev–Trinajstić information content (AvgIpc) is 2.83. The summed E-state index contributed by atoms with van der Waals surface area (Å²) in [5, 5.41) is 2.91. The van der Waals surface area contributed by atoms with Crippen LogP contribution in [-0.4, -0.2) is 31.1 Å². The zero-order valence-electron chi connectivity index (χ0n) is 11.0. The number of hydrogen-bond donors (Lipinski definition) is 1. The Morgan fingerprint density at radius 3 is 3.11 bits per heavy atom. The van der Waals surface area contributed by atoms with Crippen molar-refractivity contribution in [2.24, 2.45) is 0 Å². The lowest BCUT2D eigenvalue weighted by atomic mass is 10.1. The van der Waals surface area contributed by atoms with E-state index in [1.165, 1.54) is 5.56 Å². The van der Waals surface area contributed by atoms with Crippen LogP contribution in [0.3, 0.4) is 0 Å². The van der Waals surface area contributed by atoms with Gasteiger partial charge in [0.15, 0.2) is 0 Å². The highest BCUT2D eigenvalue weighted by molar-refractivity contribution is 5.89. The first kappa shape index (κ1) is 12.7. The lowest BCUT2D eigenvalue weighted by molar-refractivity contribution is 0.222. The number of nitrogens with zero attached hydrogens (tertiary/aromatic N) is 1. The highest BCUT2D eigenvalue weighted by Crippen LogP contribution is 2.27. The summed E-state index contributed by atoms with van der Waals surface area (Å²) in [6.07, 6.45) is 3.04. The maximum absolute atomic E-state index is 11.9. The van der Waals surface area contributed by atoms with Gasteiger partial charge in [0.05, 0.1) is 6.61 Å². The molecule has 0 aromatic heterocycles. The topological polar surface area (TPSA) is 41.6 Å². The SMILES string of the molecule is CCCCN(C)C(=O)Nc1ccc2c(c1)CCO2. The van der Waals surface area contributed by atoms with E-state index in [0.29, 0.717) is 0 Å². The Labute approximate surface area is 108 Å². The van der Waals surface area contributed by atoms with Crippen LogP contribution in [0.25, 0.3) is 0 Å². The van der Waals surface area contributed by atoms with Crippen LogP contribution < -0.4 is 10.1 Å². The average molecular weight is 248 g/mol. The Balaban J connectivity index is 1.94. The molecule has 4 nitrogen and oxygen atoms in total. The molecule has 0 bridgehead atoms. The predicted molar refractivity (Wildman–Crippen MR) is 72.2 cm³/mol. The van der Waals surface area contributed by atoms with Crippen molar-refractivity contribution < 1.29 is 9.53 Å². The van der Waals surface area contributed by atoms with E-state index in [1.807, 2.05) is 25.2 Å². The highest BCUT2D eigenvalue weighted by atomic mass is 16.5. The third kappa shape index (κ3) is 2.94. The number of carbonyl (C=O) groups excluding carboxylic acids is 1. The summed E-state index contributed by atoms with van der Waals surface area (Å²) >= 11 is 0. The Bertz CT molecular complexity index is 432. The van der Waals surface area contributed by atoms with E-state index in [-0.39, 0.29) is 6.03 Å². The molecule has 0 fully saturated rings. The minimum Gasteiger partial charge on any atom is -0.493 e. The van der Waals surface area contributed by atoms with Crippen LogP contribution in [0.5, 0.6) is 5.75 Å². The molecular formula is C14H20N2O2. The molecule has 1 aromatic carbocycles. The summed E-state index contributed by atoms with van der Waals surface area (Å²) in [6, 6.07) is 5.75. The number of unbranched alkanes of at least 4 members (excludes halogenated alkanes) is 1. The zero-order valence-corrected chi connectivity index (χ0v) is 11.0. The molecule has 1 N–H and O–H groups in total. The van der Waals surface area contributed by atoms with Crippen molar-refractivity contribution in [1.29, 1.82) is 0 Å². The van der Waals surface area contributed by atoms with E-state index in [2.05, 4.69) is 12.2 Å². The number of fused-ring (bicyclic) bond motifs is 1. The van der Waals surface area contributed by atoms with E-state index in [4.69, 9.17) is 4.74 Å². The second kappa shape index (κ2) is 5.76. The Morgan fingerprint density at radius 2 is 2.33 bits per heavy atom. The smallest absolute Gasteiger partial charge is 0.321 e. The Kier molecular flexibility index (Phi) is 4.07. The van der Waals surface area contributed by atoms with Gasteiger partial charge in [-0.15, -0.1) is 0 Å². The molecule has 0 unspecified atom stereocenters. The number of benzene rings is 1. The van der Waals surface area contributed by atoms with Crippen LogP contribution in [0.4, 0.5) is 10.5 Å². The minimum atomic E-state index is -0.0534. The number of anilines is 1. The summed E-state index contributed by atoms with van der Waals surface area (Å²) < 4.78 is 5.44. The first-order valence-corrected chi connectivity index (χ1v) is 6.48. The molecule has 1 aromatic rings. The van der Waals surface area contributed by atoms with Crippen LogP contribution in [0.1, 0.15) is 25.3 Å². The van der Waals surface area contributed by atoms with Gasteiger partial charge in [0, 0.05) is 25.7 Å². The normalized spacial score (nSPS) is 12.8. The van der Waals surface area contributed by atoms with Crippen molar-refractivity contribution in [1.82, 2.24) is 4.90 Å². The number of carbonyl (C=O) groups is 1. The molecule has 1 aliphatic heterocycles. The summed E-state index contributed by atoms with van der Waals surface area (Å²) in [6.45, 7) is 3.64. The van der Waals surface area contributed by atoms with Crippen LogP contribution >= 0.6 is 0 Å². The van der Waals surface area contributed by atoms with Crippen LogP contribution in [0, 0.1) is 0 Å². The Morgan fingerprint density at radius 1 is 1.50 bits per heavy atom. The largest absolute Gasteiger partial charge is 0.493 e. The number of rotatable bonds is 4. The number of ether oxygens (including phenoxy) is 1. The molecule has 98 valence electrons. The van der Waals surface area contributed by atoms with Crippen molar-refractivity contribution in [3.8, 4) is 5.75 Å². The molecule has 18 heavy (non-hydrogen) atoms. The fourth-order valence-corrected chi connectivity index (χ4v) is 1.98. The van der Waals surface area contributed by atoms with E-state index >= 15 is 0 Å². The van der Waals surface area contributed by atoms with Crippen molar-refractivity contribution in [3.63, 3.8) is 0 Å². The van der Waals surface area contributed by atoms with Gasteiger partial charge < -0.3 is 15.0 Å². The standard InChI is InChI=1S/C14H20N2O2/c1-3-4-8-16(2)14(17)15-12-5-6-13-11(10-12)7-9-18-13/h5-6,10H,3-4,7-9H2,1-2H3,(H,15,17). The second-order valence-corrected chi connectivity index (χ2v) is 4.63. The van der Waals surface area contributed by atoms with Crippen molar-refractivity contribution in [3.05, 3.63) is 23.8 Å². The third-order valence-electron chi connectivity index (χ3n) is 3.13. The number of nitrogens with one attached hydrogen (secondary N) is 1. The second-order valence-electron chi connectivity index (χ2n) is 4.63. The molecule has 1 aliphatic rings. The van der Waals surface area contributed by atoms with E-state index in [1.54, 1.807) is 4.90 Å². The molecular weight excluding hydrogens is 228 g/mol. The summed E-state index contributed by atoms with van der Waals surface area (Å²) in [4.78, 5) is 13.6. The molecule has 2 amide bonds. The molecule has 2 rings (SSSR count). The van der Waals surface area contributed by atoms with Gasteiger partial charge in [-0.1, -0.05) is 13.3 Å². The quantitative estimate of drug-likeness (QED) is 0.890. The lowest BCUT2D eigenvalue weighted by Gasteiger charge is -2.17. The van der Waals surface area contributed by atoms with Gasteiger partial charge in [0.25, 0.3) is 0 Å². The van der Waals surface area contributed by atoms with Gasteiger partial charge in [0.1, 0.15) is 5.75 Å². The number of amides is 2.